The number of hydrogen-bond acceptors (Lipinski definition) is 2. The third-order valence-electron chi connectivity index (χ3n) is 2.70. The largest absolute Gasteiger partial charge is 0.360 e. The van der Waals surface area contributed by atoms with Crippen LogP contribution < -0.4 is 5.32 Å². The molecule has 0 atom stereocenters. The van der Waals surface area contributed by atoms with Crippen molar-refractivity contribution in [2.45, 2.75) is 0 Å². The molecule has 0 fully saturated rings. The predicted molar refractivity (Wildman–Crippen MR) is 67.1 cm³/mol. The van der Waals surface area contributed by atoms with E-state index in [0.717, 1.165) is 20.9 Å². The Hall–Kier alpha value is -1.88. The minimum Gasteiger partial charge on any atom is -0.360 e. The molecular weight excluding hydrogens is 284 g/mol. The van der Waals surface area contributed by atoms with E-state index in [4.69, 9.17) is 0 Å². The molecule has 0 spiro atoms. The summed E-state index contributed by atoms with van der Waals surface area (Å²) in [6.07, 6.45) is 3.14. The topological polar surface area (TPSA) is 62.0 Å². The van der Waals surface area contributed by atoms with Gasteiger partial charge in [0, 0.05) is 27.6 Å². The summed E-state index contributed by atoms with van der Waals surface area (Å²) < 4.78 is 0.871. The van der Waals surface area contributed by atoms with Gasteiger partial charge in [-0.2, -0.15) is 0 Å². The average Bonchev–Trinajstić information content (AvgIpc) is 2.83. The Morgan fingerprint density at radius 3 is 2.71 bits per heavy atom. The molecule has 2 heterocycles. The summed E-state index contributed by atoms with van der Waals surface area (Å²) in [5.74, 6) is -0.718. The Bertz CT molecular complexity index is 685. The first-order valence-electron chi connectivity index (χ1n) is 5.00. The van der Waals surface area contributed by atoms with E-state index in [1.54, 1.807) is 0 Å². The van der Waals surface area contributed by atoms with Crippen LogP contribution in [-0.2, 0) is 9.59 Å². The van der Waals surface area contributed by atoms with Gasteiger partial charge in [0.25, 0.3) is 11.8 Å². The fourth-order valence-corrected chi connectivity index (χ4v) is 2.52. The van der Waals surface area contributed by atoms with E-state index in [9.17, 15) is 9.59 Å². The van der Waals surface area contributed by atoms with Gasteiger partial charge in [-0.15, -0.1) is 0 Å². The van der Waals surface area contributed by atoms with Gasteiger partial charge in [-0.05, 0) is 27.6 Å². The van der Waals surface area contributed by atoms with Crippen molar-refractivity contribution in [3.63, 3.8) is 0 Å². The molecule has 2 aromatic rings. The van der Waals surface area contributed by atoms with Crippen LogP contribution in [0, 0.1) is 0 Å². The molecule has 84 valence electrons. The number of aromatic amines is 1. The predicted octanol–water partition coefficient (Wildman–Crippen LogP) is 1.97. The summed E-state index contributed by atoms with van der Waals surface area (Å²) >= 11 is 3.42. The molecule has 2 amide bonds. The Balaban J connectivity index is 2.31. The lowest BCUT2D eigenvalue weighted by atomic mass is 10.0. The molecular formula is C12H7BrN2O2. The van der Waals surface area contributed by atoms with Crippen molar-refractivity contribution in [2.75, 3.05) is 0 Å². The van der Waals surface area contributed by atoms with Crippen molar-refractivity contribution >= 4 is 44.2 Å². The standard InChI is InChI=1S/C12H7BrN2O2/c13-8-5-14-9-3-1-2-6(11(8)9)7-4-10(16)15-12(7)17/h1-5,14H,(H,15,16,17). The molecule has 3 rings (SSSR count). The number of imide groups is 1. The van der Waals surface area contributed by atoms with E-state index >= 15 is 0 Å². The molecule has 0 aliphatic carbocycles. The lowest BCUT2D eigenvalue weighted by Crippen LogP contribution is -2.21. The summed E-state index contributed by atoms with van der Waals surface area (Å²) in [7, 11) is 0. The number of rotatable bonds is 1. The van der Waals surface area contributed by atoms with Crippen molar-refractivity contribution < 1.29 is 9.59 Å². The molecule has 0 radical (unpaired) electrons. The summed E-state index contributed by atoms with van der Waals surface area (Å²) in [6, 6.07) is 5.58. The van der Waals surface area contributed by atoms with E-state index in [1.165, 1.54) is 6.08 Å². The quantitative estimate of drug-likeness (QED) is 0.789. The summed E-state index contributed by atoms with van der Waals surface area (Å²) in [4.78, 5) is 25.9. The Labute approximate surface area is 105 Å². The van der Waals surface area contributed by atoms with Crippen molar-refractivity contribution in [3.8, 4) is 0 Å². The number of amides is 2. The normalized spacial score (nSPS) is 15.2. The number of H-pyrrole nitrogens is 1. The van der Waals surface area contributed by atoms with Gasteiger partial charge in [0.05, 0.1) is 5.57 Å². The lowest BCUT2D eigenvalue weighted by molar-refractivity contribution is -0.123. The molecule has 0 bridgehead atoms. The number of nitrogens with one attached hydrogen (secondary N) is 2. The van der Waals surface area contributed by atoms with Crippen LogP contribution in [0.1, 0.15) is 5.56 Å². The SMILES string of the molecule is O=C1C=C(c2cccc3[nH]cc(Br)c23)C(=O)N1. The van der Waals surface area contributed by atoms with E-state index in [1.807, 2.05) is 24.4 Å². The Kier molecular flexibility index (Phi) is 2.16. The number of hydrogen-bond donors (Lipinski definition) is 2. The zero-order valence-electron chi connectivity index (χ0n) is 8.58. The molecule has 4 nitrogen and oxygen atoms in total. The second-order valence-electron chi connectivity index (χ2n) is 3.74. The van der Waals surface area contributed by atoms with Gasteiger partial charge in [0.2, 0.25) is 0 Å². The van der Waals surface area contributed by atoms with Crippen molar-refractivity contribution in [3.05, 3.63) is 40.5 Å². The van der Waals surface area contributed by atoms with Crippen molar-refractivity contribution in [2.24, 2.45) is 0 Å². The average molecular weight is 291 g/mol. The molecule has 1 aromatic carbocycles. The highest BCUT2D eigenvalue weighted by Crippen LogP contribution is 2.32. The lowest BCUT2D eigenvalue weighted by Gasteiger charge is -2.03. The highest BCUT2D eigenvalue weighted by atomic mass is 79.9. The minimum absolute atomic E-state index is 0.351. The van der Waals surface area contributed by atoms with Crippen LogP contribution >= 0.6 is 15.9 Å². The fourth-order valence-electron chi connectivity index (χ4n) is 1.98. The van der Waals surface area contributed by atoms with Gasteiger partial charge in [0.15, 0.2) is 0 Å². The zero-order valence-corrected chi connectivity index (χ0v) is 10.2. The van der Waals surface area contributed by atoms with E-state index in [-0.39, 0.29) is 11.8 Å². The Morgan fingerprint density at radius 1 is 1.18 bits per heavy atom. The van der Waals surface area contributed by atoms with Gasteiger partial charge >= 0.3 is 0 Å². The van der Waals surface area contributed by atoms with Crippen molar-refractivity contribution in [1.82, 2.24) is 10.3 Å². The van der Waals surface area contributed by atoms with Crippen LogP contribution in [0.25, 0.3) is 16.5 Å². The highest BCUT2D eigenvalue weighted by Gasteiger charge is 2.24. The van der Waals surface area contributed by atoms with Crippen LogP contribution in [0.5, 0.6) is 0 Å². The molecule has 5 heteroatoms. The van der Waals surface area contributed by atoms with Gasteiger partial charge in [0.1, 0.15) is 0 Å². The molecule has 0 unspecified atom stereocenters. The van der Waals surface area contributed by atoms with E-state index in [0.29, 0.717) is 5.57 Å². The monoisotopic (exact) mass is 290 g/mol. The van der Waals surface area contributed by atoms with Crippen molar-refractivity contribution in [1.29, 1.82) is 0 Å². The number of aromatic nitrogens is 1. The van der Waals surface area contributed by atoms with Crippen LogP contribution in [0.3, 0.4) is 0 Å². The summed E-state index contributed by atoms with van der Waals surface area (Å²) in [6.45, 7) is 0. The number of halogens is 1. The third kappa shape index (κ3) is 1.51. The number of carbonyl (C=O) groups excluding carboxylic acids is 2. The molecule has 17 heavy (non-hydrogen) atoms. The van der Waals surface area contributed by atoms with E-state index < -0.39 is 0 Å². The molecule has 0 saturated carbocycles. The maximum absolute atomic E-state index is 11.6. The number of benzene rings is 1. The summed E-state index contributed by atoms with van der Waals surface area (Å²) in [5.41, 5.74) is 2.07. The van der Waals surface area contributed by atoms with E-state index in [2.05, 4.69) is 26.2 Å². The molecule has 2 N–H and O–H groups in total. The van der Waals surface area contributed by atoms with Gasteiger partial charge in [-0.3, -0.25) is 14.9 Å². The van der Waals surface area contributed by atoms with Crippen LogP contribution in [0.2, 0.25) is 0 Å². The maximum Gasteiger partial charge on any atom is 0.258 e. The molecule has 1 aliphatic rings. The number of carbonyl (C=O) groups is 2. The Morgan fingerprint density at radius 2 is 2.00 bits per heavy atom. The third-order valence-corrected chi connectivity index (χ3v) is 3.33. The van der Waals surface area contributed by atoms with Gasteiger partial charge in [-0.25, -0.2) is 0 Å². The van der Waals surface area contributed by atoms with Gasteiger partial charge < -0.3 is 4.98 Å². The highest BCUT2D eigenvalue weighted by molar-refractivity contribution is 9.10. The summed E-state index contributed by atoms with van der Waals surface area (Å²) in [5, 5.41) is 3.15. The smallest absolute Gasteiger partial charge is 0.258 e. The van der Waals surface area contributed by atoms with Crippen LogP contribution in [-0.4, -0.2) is 16.8 Å². The van der Waals surface area contributed by atoms with Gasteiger partial charge in [-0.1, -0.05) is 12.1 Å². The first-order valence-corrected chi connectivity index (χ1v) is 5.79. The first-order chi connectivity index (χ1) is 8.16. The van der Waals surface area contributed by atoms with Crippen LogP contribution in [0.4, 0.5) is 0 Å². The second-order valence-corrected chi connectivity index (χ2v) is 4.60. The second kappa shape index (κ2) is 3.56. The van der Waals surface area contributed by atoms with Crippen LogP contribution in [0.15, 0.2) is 34.9 Å². The molecule has 0 saturated heterocycles. The minimum atomic E-state index is -0.367. The molecule has 1 aromatic heterocycles. The first kappa shape index (κ1) is 10.3. The molecule has 1 aliphatic heterocycles. The maximum atomic E-state index is 11.6. The zero-order chi connectivity index (χ0) is 12.0. The number of fused-ring (bicyclic) bond motifs is 1. The fraction of sp³-hybridized carbons (Fsp3) is 0.